The van der Waals surface area contributed by atoms with E-state index in [-0.39, 0.29) is 0 Å². The number of hydrogen-bond acceptors (Lipinski definition) is 4. The highest BCUT2D eigenvalue weighted by Crippen LogP contribution is 2.17. The fourth-order valence-corrected chi connectivity index (χ4v) is 3.13. The van der Waals surface area contributed by atoms with Crippen molar-refractivity contribution >= 4 is 0 Å². The highest BCUT2D eigenvalue weighted by Gasteiger charge is 2.26. The van der Waals surface area contributed by atoms with Crippen molar-refractivity contribution < 1.29 is 4.74 Å². The summed E-state index contributed by atoms with van der Waals surface area (Å²) >= 11 is 0. The van der Waals surface area contributed by atoms with Gasteiger partial charge in [-0.1, -0.05) is 0 Å². The summed E-state index contributed by atoms with van der Waals surface area (Å²) in [6.07, 6.45) is 3.07. The largest absolute Gasteiger partial charge is 0.377 e. The quantitative estimate of drug-likeness (QED) is 0.744. The predicted molar refractivity (Wildman–Crippen MR) is 79.6 cm³/mol. The van der Waals surface area contributed by atoms with Gasteiger partial charge in [-0.2, -0.15) is 0 Å². The minimum Gasteiger partial charge on any atom is -0.377 e. The molecule has 112 valence electrons. The zero-order valence-electron chi connectivity index (χ0n) is 13.0. The smallest absolute Gasteiger partial charge is 0.0596 e. The average molecular weight is 269 g/mol. The molecule has 0 unspecified atom stereocenters. The van der Waals surface area contributed by atoms with Crippen LogP contribution in [0.4, 0.5) is 0 Å². The molecule has 2 fully saturated rings. The van der Waals surface area contributed by atoms with Gasteiger partial charge in [-0.25, -0.2) is 0 Å². The van der Waals surface area contributed by atoms with Crippen LogP contribution < -0.4 is 0 Å². The monoisotopic (exact) mass is 269 g/mol. The van der Waals surface area contributed by atoms with Gasteiger partial charge >= 0.3 is 0 Å². The summed E-state index contributed by atoms with van der Waals surface area (Å²) in [4.78, 5) is 7.72. The van der Waals surface area contributed by atoms with Gasteiger partial charge in [0.15, 0.2) is 0 Å². The number of ether oxygens (including phenoxy) is 1. The summed E-state index contributed by atoms with van der Waals surface area (Å²) in [6, 6.07) is 0.838. The van der Waals surface area contributed by atoms with Crippen LogP contribution in [0, 0.1) is 0 Å². The van der Waals surface area contributed by atoms with E-state index in [9.17, 15) is 0 Å². The molecule has 2 heterocycles. The average Bonchev–Trinajstić information content (AvgIpc) is 2.40. The molecular weight excluding hydrogens is 238 g/mol. The Balaban J connectivity index is 1.62. The van der Waals surface area contributed by atoms with Gasteiger partial charge in [0.05, 0.1) is 12.7 Å². The van der Waals surface area contributed by atoms with Crippen LogP contribution in [-0.2, 0) is 4.74 Å². The molecule has 0 amide bonds. The lowest BCUT2D eigenvalue weighted by molar-refractivity contribution is 0.0294. The molecule has 0 aromatic rings. The standard InChI is InChI=1S/C15H31N3O/c1-14(2)19-13-12-17-8-10-18(11-9-17)15-4-6-16(3)7-5-15/h14-15H,4-13H2,1-3H3. The lowest BCUT2D eigenvalue weighted by Gasteiger charge is -2.42. The van der Waals surface area contributed by atoms with Crippen LogP contribution in [0.5, 0.6) is 0 Å². The highest BCUT2D eigenvalue weighted by molar-refractivity contribution is 4.82. The first-order chi connectivity index (χ1) is 9.15. The van der Waals surface area contributed by atoms with Crippen LogP contribution in [0.1, 0.15) is 26.7 Å². The summed E-state index contributed by atoms with van der Waals surface area (Å²) in [5.74, 6) is 0. The fourth-order valence-electron chi connectivity index (χ4n) is 3.13. The highest BCUT2D eigenvalue weighted by atomic mass is 16.5. The Labute approximate surface area is 118 Å². The van der Waals surface area contributed by atoms with Gasteiger partial charge < -0.3 is 9.64 Å². The lowest BCUT2D eigenvalue weighted by atomic mass is 10.0. The van der Waals surface area contributed by atoms with E-state index >= 15 is 0 Å². The van der Waals surface area contributed by atoms with Crippen LogP contribution in [0.2, 0.25) is 0 Å². The summed E-state index contributed by atoms with van der Waals surface area (Å²) in [5, 5.41) is 0. The Kier molecular flexibility index (Phi) is 6.07. The van der Waals surface area contributed by atoms with E-state index in [1.54, 1.807) is 0 Å². The summed E-state index contributed by atoms with van der Waals surface area (Å²) < 4.78 is 5.64. The molecule has 4 nitrogen and oxygen atoms in total. The van der Waals surface area contributed by atoms with E-state index in [0.717, 1.165) is 19.2 Å². The van der Waals surface area contributed by atoms with Gasteiger partial charge in [0, 0.05) is 38.8 Å². The molecule has 0 bridgehead atoms. The van der Waals surface area contributed by atoms with Crippen molar-refractivity contribution in [1.82, 2.24) is 14.7 Å². The second-order valence-corrected chi connectivity index (χ2v) is 6.33. The molecule has 0 aliphatic carbocycles. The molecule has 0 atom stereocenters. The lowest BCUT2D eigenvalue weighted by Crippen LogP contribution is -2.53. The van der Waals surface area contributed by atoms with E-state index < -0.39 is 0 Å². The minimum absolute atomic E-state index is 0.362. The SMILES string of the molecule is CC(C)OCCN1CCN(C2CCN(C)CC2)CC1. The molecule has 0 spiro atoms. The summed E-state index contributed by atoms with van der Waals surface area (Å²) in [7, 11) is 2.24. The topological polar surface area (TPSA) is 19.0 Å². The Morgan fingerprint density at radius 2 is 1.63 bits per heavy atom. The first kappa shape index (κ1) is 15.2. The van der Waals surface area contributed by atoms with Crippen molar-refractivity contribution in [2.24, 2.45) is 0 Å². The van der Waals surface area contributed by atoms with Crippen LogP contribution in [0.25, 0.3) is 0 Å². The van der Waals surface area contributed by atoms with Crippen molar-refractivity contribution in [2.45, 2.75) is 38.8 Å². The molecule has 2 saturated heterocycles. The molecule has 2 rings (SSSR count). The molecule has 19 heavy (non-hydrogen) atoms. The van der Waals surface area contributed by atoms with E-state index in [1.807, 2.05) is 0 Å². The molecular formula is C15H31N3O. The minimum atomic E-state index is 0.362. The van der Waals surface area contributed by atoms with Gasteiger partial charge in [0.25, 0.3) is 0 Å². The van der Waals surface area contributed by atoms with Crippen LogP contribution in [-0.4, -0.2) is 86.3 Å². The normalized spacial score (nSPS) is 25.3. The van der Waals surface area contributed by atoms with Crippen molar-refractivity contribution in [3.05, 3.63) is 0 Å². The van der Waals surface area contributed by atoms with Gasteiger partial charge in [0.2, 0.25) is 0 Å². The van der Waals surface area contributed by atoms with Crippen molar-refractivity contribution in [3.63, 3.8) is 0 Å². The van der Waals surface area contributed by atoms with E-state index in [0.29, 0.717) is 6.10 Å². The number of piperazine rings is 1. The maximum absolute atomic E-state index is 5.64. The van der Waals surface area contributed by atoms with Crippen LogP contribution in [0.15, 0.2) is 0 Å². The van der Waals surface area contributed by atoms with Crippen molar-refractivity contribution in [1.29, 1.82) is 0 Å². The molecule has 0 radical (unpaired) electrons. The van der Waals surface area contributed by atoms with E-state index in [1.165, 1.54) is 52.1 Å². The Bertz CT molecular complexity index is 244. The second kappa shape index (κ2) is 7.58. The summed E-state index contributed by atoms with van der Waals surface area (Å²) in [5.41, 5.74) is 0. The fraction of sp³-hybridized carbons (Fsp3) is 1.00. The first-order valence-corrected chi connectivity index (χ1v) is 7.91. The molecule has 0 aromatic carbocycles. The number of rotatable bonds is 5. The van der Waals surface area contributed by atoms with Crippen LogP contribution >= 0.6 is 0 Å². The number of hydrogen-bond donors (Lipinski definition) is 0. The van der Waals surface area contributed by atoms with Gasteiger partial charge in [-0.15, -0.1) is 0 Å². The number of piperidine rings is 1. The Hall–Kier alpha value is -0.160. The van der Waals surface area contributed by atoms with Crippen molar-refractivity contribution in [2.75, 3.05) is 59.5 Å². The van der Waals surface area contributed by atoms with Gasteiger partial charge in [0.1, 0.15) is 0 Å². The zero-order chi connectivity index (χ0) is 13.7. The molecule has 0 N–H and O–H groups in total. The molecule has 4 heteroatoms. The molecule has 0 aromatic heterocycles. The zero-order valence-corrected chi connectivity index (χ0v) is 13.0. The number of likely N-dealkylation sites (tertiary alicyclic amines) is 1. The van der Waals surface area contributed by atoms with Crippen LogP contribution in [0.3, 0.4) is 0 Å². The Morgan fingerprint density at radius 3 is 2.21 bits per heavy atom. The predicted octanol–water partition coefficient (Wildman–Crippen LogP) is 1.12. The maximum Gasteiger partial charge on any atom is 0.0596 e. The third-order valence-corrected chi connectivity index (χ3v) is 4.47. The second-order valence-electron chi connectivity index (χ2n) is 6.33. The third kappa shape index (κ3) is 5.03. The summed E-state index contributed by atoms with van der Waals surface area (Å²) in [6.45, 7) is 13.7. The number of nitrogens with zero attached hydrogens (tertiary/aromatic N) is 3. The molecule has 2 aliphatic rings. The van der Waals surface area contributed by atoms with Gasteiger partial charge in [-0.3, -0.25) is 9.80 Å². The third-order valence-electron chi connectivity index (χ3n) is 4.47. The molecule has 0 saturated carbocycles. The van der Waals surface area contributed by atoms with Gasteiger partial charge in [-0.05, 0) is 46.8 Å². The maximum atomic E-state index is 5.64. The molecule has 2 aliphatic heterocycles. The van der Waals surface area contributed by atoms with E-state index in [2.05, 4.69) is 35.6 Å². The van der Waals surface area contributed by atoms with Crippen molar-refractivity contribution in [3.8, 4) is 0 Å². The first-order valence-electron chi connectivity index (χ1n) is 7.91. The van der Waals surface area contributed by atoms with E-state index in [4.69, 9.17) is 4.74 Å². The Morgan fingerprint density at radius 1 is 1.00 bits per heavy atom.